The number of ether oxygens (including phenoxy) is 2. The molecule has 0 atom stereocenters. The molecular weight excluding hydrogens is 384 g/mol. The van der Waals surface area contributed by atoms with Crippen molar-refractivity contribution < 1.29 is 9.47 Å². The first-order chi connectivity index (χ1) is 13.1. The van der Waals surface area contributed by atoms with E-state index >= 15 is 0 Å². The summed E-state index contributed by atoms with van der Waals surface area (Å²) in [6.45, 7) is 0.645. The molecule has 1 aromatic heterocycles. The molecule has 0 radical (unpaired) electrons. The van der Waals surface area contributed by atoms with Gasteiger partial charge in [-0.15, -0.1) is 0 Å². The van der Waals surface area contributed by atoms with Crippen molar-refractivity contribution in [2.75, 3.05) is 24.9 Å². The molecule has 3 aromatic rings. The van der Waals surface area contributed by atoms with Crippen LogP contribution in [0.5, 0.6) is 11.5 Å². The maximum atomic E-state index is 5.91. The molecule has 27 heavy (non-hydrogen) atoms. The molecule has 2 aromatic carbocycles. The number of benzene rings is 2. The van der Waals surface area contributed by atoms with E-state index in [2.05, 4.69) is 15.7 Å². The number of thiocarbonyl (C=S) groups is 1. The maximum Gasteiger partial charge on any atom is 0.175 e. The Kier molecular flexibility index (Phi) is 6.16. The van der Waals surface area contributed by atoms with Crippen molar-refractivity contribution in [2.45, 2.75) is 6.54 Å². The van der Waals surface area contributed by atoms with E-state index in [4.69, 9.17) is 33.3 Å². The standard InChI is InChI=1S/C19H19ClN4O2S/c1-25-17-7-15(8-18(9-17)26-2)22-19(27)23-16-10-21-24(12-16)11-13-3-5-14(20)6-4-13/h3-10,12H,11H2,1-2H3,(H2,22,23,27). The number of methoxy groups -OCH3 is 2. The molecule has 0 aliphatic carbocycles. The fraction of sp³-hybridized carbons (Fsp3) is 0.158. The predicted molar refractivity (Wildman–Crippen MR) is 112 cm³/mol. The quantitative estimate of drug-likeness (QED) is 0.595. The van der Waals surface area contributed by atoms with Crippen LogP contribution in [-0.2, 0) is 6.54 Å². The minimum atomic E-state index is 0.441. The number of anilines is 2. The molecular formula is C19H19ClN4O2S. The summed E-state index contributed by atoms with van der Waals surface area (Å²) < 4.78 is 12.3. The number of halogens is 1. The monoisotopic (exact) mass is 402 g/mol. The van der Waals surface area contributed by atoms with Crippen molar-refractivity contribution >= 4 is 40.3 Å². The van der Waals surface area contributed by atoms with Gasteiger partial charge in [0, 0.05) is 35.1 Å². The van der Waals surface area contributed by atoms with Crippen molar-refractivity contribution in [3.05, 3.63) is 65.4 Å². The molecule has 2 N–H and O–H groups in total. The Balaban J connectivity index is 1.61. The van der Waals surface area contributed by atoms with E-state index < -0.39 is 0 Å². The molecule has 0 aliphatic rings. The lowest BCUT2D eigenvalue weighted by atomic mass is 10.2. The van der Waals surface area contributed by atoms with E-state index in [0.29, 0.717) is 28.2 Å². The molecule has 140 valence electrons. The maximum absolute atomic E-state index is 5.91. The van der Waals surface area contributed by atoms with Crippen molar-refractivity contribution in [3.8, 4) is 11.5 Å². The SMILES string of the molecule is COc1cc(NC(=S)Nc2cnn(Cc3ccc(Cl)cc3)c2)cc(OC)c1. The molecule has 0 amide bonds. The van der Waals surface area contributed by atoms with Crippen LogP contribution in [0.2, 0.25) is 5.02 Å². The highest BCUT2D eigenvalue weighted by Gasteiger charge is 2.06. The Morgan fingerprint density at radius 2 is 1.67 bits per heavy atom. The van der Waals surface area contributed by atoms with Crippen LogP contribution in [0.15, 0.2) is 54.9 Å². The molecule has 0 bridgehead atoms. The number of hydrogen-bond acceptors (Lipinski definition) is 4. The van der Waals surface area contributed by atoms with Crippen molar-refractivity contribution in [1.29, 1.82) is 0 Å². The third kappa shape index (κ3) is 5.35. The van der Waals surface area contributed by atoms with E-state index in [1.807, 2.05) is 47.3 Å². The van der Waals surface area contributed by atoms with Crippen molar-refractivity contribution in [2.24, 2.45) is 0 Å². The second kappa shape index (κ2) is 8.75. The lowest BCUT2D eigenvalue weighted by Gasteiger charge is -2.12. The zero-order valence-electron chi connectivity index (χ0n) is 14.9. The summed E-state index contributed by atoms with van der Waals surface area (Å²) in [4.78, 5) is 0. The number of rotatable bonds is 6. The van der Waals surface area contributed by atoms with Crippen LogP contribution in [0.25, 0.3) is 0 Å². The van der Waals surface area contributed by atoms with Crippen LogP contribution in [0.1, 0.15) is 5.56 Å². The van der Waals surface area contributed by atoms with Gasteiger partial charge in [0.25, 0.3) is 0 Å². The average molecular weight is 403 g/mol. The minimum Gasteiger partial charge on any atom is -0.497 e. The Labute approximate surface area is 168 Å². The summed E-state index contributed by atoms with van der Waals surface area (Å²) in [7, 11) is 3.20. The lowest BCUT2D eigenvalue weighted by molar-refractivity contribution is 0.395. The zero-order chi connectivity index (χ0) is 19.2. The van der Waals surface area contributed by atoms with Gasteiger partial charge in [0.05, 0.1) is 32.6 Å². The van der Waals surface area contributed by atoms with Gasteiger partial charge < -0.3 is 20.1 Å². The average Bonchev–Trinajstić information content (AvgIpc) is 3.09. The fourth-order valence-electron chi connectivity index (χ4n) is 2.46. The van der Waals surface area contributed by atoms with E-state index in [9.17, 15) is 0 Å². The normalized spacial score (nSPS) is 10.3. The summed E-state index contributed by atoms with van der Waals surface area (Å²) in [5.74, 6) is 1.35. The summed E-state index contributed by atoms with van der Waals surface area (Å²) >= 11 is 11.3. The van der Waals surface area contributed by atoms with Gasteiger partial charge in [-0.05, 0) is 29.9 Å². The van der Waals surface area contributed by atoms with Crippen molar-refractivity contribution in [1.82, 2.24) is 9.78 Å². The van der Waals surface area contributed by atoms with E-state index in [1.54, 1.807) is 26.5 Å². The molecule has 0 spiro atoms. The number of nitrogens with zero attached hydrogens (tertiary/aromatic N) is 2. The first-order valence-corrected chi connectivity index (χ1v) is 8.92. The summed E-state index contributed by atoms with van der Waals surface area (Å²) in [6, 6.07) is 13.1. The largest absolute Gasteiger partial charge is 0.497 e. The molecule has 0 fully saturated rings. The van der Waals surface area contributed by atoms with Crippen LogP contribution in [0.3, 0.4) is 0 Å². The molecule has 6 nitrogen and oxygen atoms in total. The van der Waals surface area contributed by atoms with Crippen LogP contribution >= 0.6 is 23.8 Å². The Morgan fingerprint density at radius 1 is 1.04 bits per heavy atom. The van der Waals surface area contributed by atoms with Gasteiger partial charge in [0.1, 0.15) is 11.5 Å². The second-order valence-corrected chi connectivity index (χ2v) is 6.58. The van der Waals surface area contributed by atoms with Gasteiger partial charge >= 0.3 is 0 Å². The summed E-state index contributed by atoms with van der Waals surface area (Å²) in [5, 5.41) is 11.7. The molecule has 8 heteroatoms. The summed E-state index contributed by atoms with van der Waals surface area (Å²) in [6.07, 6.45) is 3.60. The van der Waals surface area contributed by atoms with Crippen LogP contribution in [-0.4, -0.2) is 29.1 Å². The number of nitrogens with one attached hydrogen (secondary N) is 2. The third-order valence-electron chi connectivity index (χ3n) is 3.76. The number of hydrogen-bond donors (Lipinski definition) is 2. The van der Waals surface area contributed by atoms with Crippen LogP contribution < -0.4 is 20.1 Å². The van der Waals surface area contributed by atoms with E-state index in [-0.39, 0.29) is 0 Å². The molecule has 0 unspecified atom stereocenters. The highest BCUT2D eigenvalue weighted by molar-refractivity contribution is 7.80. The minimum absolute atomic E-state index is 0.441. The topological polar surface area (TPSA) is 60.3 Å². The van der Waals surface area contributed by atoms with Gasteiger partial charge in [-0.3, -0.25) is 4.68 Å². The van der Waals surface area contributed by atoms with Gasteiger partial charge in [-0.2, -0.15) is 5.10 Å². The first kappa shape index (κ1) is 19.0. The van der Waals surface area contributed by atoms with E-state index in [1.165, 1.54) is 0 Å². The lowest BCUT2D eigenvalue weighted by Crippen LogP contribution is -2.18. The Morgan fingerprint density at radius 3 is 2.30 bits per heavy atom. The number of aromatic nitrogens is 2. The highest BCUT2D eigenvalue weighted by atomic mass is 35.5. The van der Waals surface area contributed by atoms with Crippen LogP contribution in [0, 0.1) is 0 Å². The Hall–Kier alpha value is -2.77. The highest BCUT2D eigenvalue weighted by Crippen LogP contribution is 2.26. The first-order valence-electron chi connectivity index (χ1n) is 8.13. The molecule has 0 saturated heterocycles. The smallest absolute Gasteiger partial charge is 0.175 e. The predicted octanol–water partition coefficient (Wildman–Crippen LogP) is 4.41. The van der Waals surface area contributed by atoms with Crippen LogP contribution in [0.4, 0.5) is 11.4 Å². The zero-order valence-corrected chi connectivity index (χ0v) is 16.5. The molecule has 0 saturated carbocycles. The van der Waals surface area contributed by atoms with Gasteiger partial charge in [0.2, 0.25) is 0 Å². The third-order valence-corrected chi connectivity index (χ3v) is 4.21. The van der Waals surface area contributed by atoms with Gasteiger partial charge in [-0.25, -0.2) is 0 Å². The van der Waals surface area contributed by atoms with Gasteiger partial charge in [-0.1, -0.05) is 23.7 Å². The van der Waals surface area contributed by atoms with Gasteiger partial charge in [0.15, 0.2) is 5.11 Å². The molecule has 0 aliphatic heterocycles. The fourth-order valence-corrected chi connectivity index (χ4v) is 2.83. The van der Waals surface area contributed by atoms with Crippen molar-refractivity contribution in [3.63, 3.8) is 0 Å². The molecule has 1 heterocycles. The molecule has 3 rings (SSSR count). The second-order valence-electron chi connectivity index (χ2n) is 5.73. The van der Waals surface area contributed by atoms with E-state index in [0.717, 1.165) is 16.9 Å². The summed E-state index contributed by atoms with van der Waals surface area (Å²) in [5.41, 5.74) is 2.66. The Bertz CT molecular complexity index is 905.